The first-order valence-electron chi connectivity index (χ1n) is 9.33. The smallest absolute Gasteiger partial charge is 0.234 e. The Balaban J connectivity index is 1.32. The summed E-state index contributed by atoms with van der Waals surface area (Å²) in [5, 5.41) is 0. The standard InChI is InChI=1S/C20H23N5O2/c26-18-14-17(13-16-5-2-1-3-6-16)19(27)25(18)15-23-9-11-24(12-10-23)20-21-7-4-8-22-20/h1-8,17H,9-15H2. The molecule has 0 spiro atoms. The van der Waals surface area contributed by atoms with Crippen LogP contribution in [0.2, 0.25) is 0 Å². The number of carbonyl (C=O) groups is 2. The zero-order valence-corrected chi connectivity index (χ0v) is 15.2. The van der Waals surface area contributed by atoms with Gasteiger partial charge in [0.1, 0.15) is 0 Å². The van der Waals surface area contributed by atoms with Crippen LogP contribution in [-0.2, 0) is 16.0 Å². The Hall–Kier alpha value is -2.80. The SMILES string of the molecule is O=C1CC(Cc2ccccc2)C(=O)N1CN1CCN(c2ncccn2)CC1. The number of likely N-dealkylation sites (tertiary alicyclic amines) is 1. The second-order valence-corrected chi connectivity index (χ2v) is 7.05. The molecular weight excluding hydrogens is 342 g/mol. The lowest BCUT2D eigenvalue weighted by Crippen LogP contribution is -2.51. The summed E-state index contributed by atoms with van der Waals surface area (Å²) in [7, 11) is 0. The molecular formula is C20H23N5O2. The van der Waals surface area contributed by atoms with Crippen LogP contribution in [0.15, 0.2) is 48.8 Å². The van der Waals surface area contributed by atoms with Crippen molar-refractivity contribution in [1.29, 1.82) is 0 Å². The number of nitrogens with zero attached hydrogens (tertiary/aromatic N) is 5. The average Bonchev–Trinajstić information content (AvgIpc) is 2.97. The Morgan fingerprint density at radius 3 is 2.33 bits per heavy atom. The molecule has 0 N–H and O–H groups in total. The number of anilines is 1. The topological polar surface area (TPSA) is 69.6 Å². The van der Waals surface area contributed by atoms with Crippen LogP contribution in [0.4, 0.5) is 5.95 Å². The van der Waals surface area contributed by atoms with Gasteiger partial charge in [-0.25, -0.2) is 9.97 Å². The molecule has 3 heterocycles. The Labute approximate surface area is 158 Å². The monoisotopic (exact) mass is 365 g/mol. The van der Waals surface area contributed by atoms with Crippen molar-refractivity contribution in [3.63, 3.8) is 0 Å². The molecule has 0 saturated carbocycles. The van der Waals surface area contributed by atoms with Gasteiger partial charge in [-0.05, 0) is 18.1 Å². The van der Waals surface area contributed by atoms with Crippen molar-refractivity contribution in [3.05, 3.63) is 54.4 Å². The van der Waals surface area contributed by atoms with Crippen LogP contribution in [0.25, 0.3) is 0 Å². The Morgan fingerprint density at radius 2 is 1.63 bits per heavy atom. The lowest BCUT2D eigenvalue weighted by atomic mass is 9.98. The van der Waals surface area contributed by atoms with Gasteiger partial charge in [0, 0.05) is 45.0 Å². The van der Waals surface area contributed by atoms with Gasteiger partial charge in [0.15, 0.2) is 0 Å². The number of benzene rings is 1. The van der Waals surface area contributed by atoms with Gasteiger partial charge >= 0.3 is 0 Å². The highest BCUT2D eigenvalue weighted by molar-refractivity contribution is 6.03. The van der Waals surface area contributed by atoms with E-state index in [1.165, 1.54) is 4.90 Å². The summed E-state index contributed by atoms with van der Waals surface area (Å²) in [5.74, 6) is 0.389. The highest BCUT2D eigenvalue weighted by atomic mass is 16.2. The number of piperazine rings is 1. The molecule has 1 aromatic carbocycles. The van der Waals surface area contributed by atoms with Gasteiger partial charge in [-0.15, -0.1) is 0 Å². The predicted molar refractivity (Wildman–Crippen MR) is 101 cm³/mol. The molecule has 7 nitrogen and oxygen atoms in total. The maximum Gasteiger partial charge on any atom is 0.234 e. The van der Waals surface area contributed by atoms with Gasteiger partial charge in [0.2, 0.25) is 17.8 Å². The van der Waals surface area contributed by atoms with E-state index in [9.17, 15) is 9.59 Å². The first-order chi connectivity index (χ1) is 13.2. The molecule has 0 radical (unpaired) electrons. The van der Waals surface area contributed by atoms with E-state index in [-0.39, 0.29) is 17.7 Å². The second kappa shape index (κ2) is 7.84. The van der Waals surface area contributed by atoms with Gasteiger partial charge in [-0.3, -0.25) is 19.4 Å². The Kier molecular flexibility index (Phi) is 5.11. The van der Waals surface area contributed by atoms with Crippen molar-refractivity contribution in [2.75, 3.05) is 37.7 Å². The van der Waals surface area contributed by atoms with Crippen LogP contribution in [0, 0.1) is 5.92 Å². The molecule has 2 amide bonds. The minimum atomic E-state index is -0.237. The van der Waals surface area contributed by atoms with Gasteiger partial charge in [-0.1, -0.05) is 30.3 Å². The van der Waals surface area contributed by atoms with Crippen molar-refractivity contribution >= 4 is 17.8 Å². The molecule has 140 valence electrons. The van der Waals surface area contributed by atoms with E-state index in [0.717, 1.165) is 37.7 Å². The summed E-state index contributed by atoms with van der Waals surface area (Å²) in [6, 6.07) is 11.7. The summed E-state index contributed by atoms with van der Waals surface area (Å²) < 4.78 is 0. The molecule has 0 bridgehead atoms. The first kappa shape index (κ1) is 17.6. The fraction of sp³-hybridized carbons (Fsp3) is 0.400. The summed E-state index contributed by atoms with van der Waals surface area (Å²) in [5.41, 5.74) is 1.10. The second-order valence-electron chi connectivity index (χ2n) is 7.05. The van der Waals surface area contributed by atoms with Crippen LogP contribution in [0.3, 0.4) is 0 Å². The van der Waals surface area contributed by atoms with Crippen molar-refractivity contribution in [3.8, 4) is 0 Å². The fourth-order valence-corrected chi connectivity index (χ4v) is 3.70. The maximum absolute atomic E-state index is 12.7. The van der Waals surface area contributed by atoms with Crippen LogP contribution in [-0.4, -0.2) is 64.4 Å². The molecule has 1 aromatic heterocycles. The molecule has 2 aliphatic heterocycles. The third-order valence-corrected chi connectivity index (χ3v) is 5.21. The summed E-state index contributed by atoms with van der Waals surface area (Å²) in [6.45, 7) is 3.51. The predicted octanol–water partition coefficient (Wildman–Crippen LogP) is 1.17. The van der Waals surface area contributed by atoms with Crippen LogP contribution < -0.4 is 4.90 Å². The minimum absolute atomic E-state index is 0.0438. The maximum atomic E-state index is 12.7. The lowest BCUT2D eigenvalue weighted by molar-refractivity contribution is -0.141. The minimum Gasteiger partial charge on any atom is -0.338 e. The molecule has 27 heavy (non-hydrogen) atoms. The molecule has 0 aliphatic carbocycles. The van der Waals surface area contributed by atoms with E-state index in [1.807, 2.05) is 30.3 Å². The van der Waals surface area contributed by atoms with Crippen LogP contribution >= 0.6 is 0 Å². The molecule has 2 aliphatic rings. The normalized spacial score (nSPS) is 21.1. The van der Waals surface area contributed by atoms with Gasteiger partial charge in [-0.2, -0.15) is 0 Å². The first-order valence-corrected chi connectivity index (χ1v) is 9.33. The summed E-state index contributed by atoms with van der Waals surface area (Å²) >= 11 is 0. The largest absolute Gasteiger partial charge is 0.338 e. The molecule has 4 rings (SSSR count). The molecule has 1 unspecified atom stereocenters. The van der Waals surface area contributed by atoms with Gasteiger partial charge in [0.05, 0.1) is 12.6 Å². The Bertz CT molecular complexity index is 791. The highest BCUT2D eigenvalue weighted by Crippen LogP contribution is 2.24. The third-order valence-electron chi connectivity index (χ3n) is 5.21. The molecule has 7 heteroatoms. The Morgan fingerprint density at radius 1 is 0.926 bits per heavy atom. The van der Waals surface area contributed by atoms with E-state index in [2.05, 4.69) is 19.8 Å². The summed E-state index contributed by atoms with van der Waals surface area (Å²) in [6.07, 6.45) is 4.42. The quantitative estimate of drug-likeness (QED) is 0.741. The van der Waals surface area contributed by atoms with E-state index in [1.54, 1.807) is 18.5 Å². The number of aromatic nitrogens is 2. The van der Waals surface area contributed by atoms with Gasteiger partial charge < -0.3 is 4.90 Å². The van der Waals surface area contributed by atoms with Crippen LogP contribution in [0.1, 0.15) is 12.0 Å². The molecule has 1 atom stereocenters. The number of hydrogen-bond donors (Lipinski definition) is 0. The van der Waals surface area contributed by atoms with Gasteiger partial charge in [0.25, 0.3) is 0 Å². The van der Waals surface area contributed by atoms with Crippen molar-refractivity contribution in [2.45, 2.75) is 12.8 Å². The van der Waals surface area contributed by atoms with Crippen LogP contribution in [0.5, 0.6) is 0 Å². The number of rotatable bonds is 5. The van der Waals surface area contributed by atoms with E-state index < -0.39 is 0 Å². The lowest BCUT2D eigenvalue weighted by Gasteiger charge is -2.36. The number of imide groups is 1. The molecule has 2 saturated heterocycles. The van der Waals surface area contributed by atoms with Crippen molar-refractivity contribution < 1.29 is 9.59 Å². The average molecular weight is 365 g/mol. The summed E-state index contributed by atoms with van der Waals surface area (Å²) in [4.78, 5) is 39.4. The zero-order chi connectivity index (χ0) is 18.6. The van der Waals surface area contributed by atoms with E-state index >= 15 is 0 Å². The highest BCUT2D eigenvalue weighted by Gasteiger charge is 2.39. The van der Waals surface area contributed by atoms with Crippen molar-refractivity contribution in [2.24, 2.45) is 5.92 Å². The zero-order valence-electron chi connectivity index (χ0n) is 15.2. The third kappa shape index (κ3) is 3.98. The van der Waals surface area contributed by atoms with E-state index in [4.69, 9.17) is 0 Å². The fourth-order valence-electron chi connectivity index (χ4n) is 3.70. The number of amides is 2. The molecule has 2 aromatic rings. The number of hydrogen-bond acceptors (Lipinski definition) is 6. The number of carbonyl (C=O) groups excluding carboxylic acids is 2. The van der Waals surface area contributed by atoms with Crippen molar-refractivity contribution in [1.82, 2.24) is 19.8 Å². The van der Waals surface area contributed by atoms with E-state index in [0.29, 0.717) is 19.5 Å². The molecule has 2 fully saturated rings.